The third kappa shape index (κ3) is 5.00. The molecule has 20 heavy (non-hydrogen) atoms. The molecule has 1 aromatic heterocycles. The van der Waals surface area contributed by atoms with Gasteiger partial charge in [-0.3, -0.25) is 4.79 Å². The van der Waals surface area contributed by atoms with E-state index in [0.29, 0.717) is 6.54 Å². The summed E-state index contributed by atoms with van der Waals surface area (Å²) in [6.07, 6.45) is 2.31. The van der Waals surface area contributed by atoms with E-state index in [1.807, 2.05) is 13.8 Å². The second-order valence-electron chi connectivity index (χ2n) is 4.48. The molecule has 0 saturated heterocycles. The van der Waals surface area contributed by atoms with Crippen molar-refractivity contribution < 1.29 is 9.18 Å². The Kier molecular flexibility index (Phi) is 7.36. The lowest BCUT2D eigenvalue weighted by molar-refractivity contribution is 0.0939. The fourth-order valence-electron chi connectivity index (χ4n) is 1.62. The molecule has 0 radical (unpaired) electrons. The van der Waals surface area contributed by atoms with Crippen LogP contribution in [0.15, 0.2) is 12.3 Å². The van der Waals surface area contributed by atoms with E-state index in [1.54, 1.807) is 11.8 Å². The van der Waals surface area contributed by atoms with Gasteiger partial charge in [0.1, 0.15) is 0 Å². The van der Waals surface area contributed by atoms with E-state index in [4.69, 9.17) is 0 Å². The largest absolute Gasteiger partial charge is 0.368 e. The first-order valence-electron chi connectivity index (χ1n) is 6.87. The van der Waals surface area contributed by atoms with Crippen molar-refractivity contribution >= 4 is 23.5 Å². The minimum Gasteiger partial charge on any atom is -0.368 e. The van der Waals surface area contributed by atoms with Gasteiger partial charge in [0.25, 0.3) is 5.91 Å². The average Bonchev–Trinajstić information content (AvgIpc) is 2.43. The third-order valence-electron chi connectivity index (χ3n) is 2.63. The molecule has 6 heteroatoms. The van der Waals surface area contributed by atoms with Gasteiger partial charge >= 0.3 is 0 Å². The zero-order valence-corrected chi connectivity index (χ0v) is 13.0. The summed E-state index contributed by atoms with van der Waals surface area (Å²) < 4.78 is 14.2. The summed E-state index contributed by atoms with van der Waals surface area (Å²) in [5, 5.41) is 5.68. The number of amides is 1. The Morgan fingerprint density at radius 1 is 1.50 bits per heavy atom. The summed E-state index contributed by atoms with van der Waals surface area (Å²) >= 11 is 1.74. The first-order valence-corrected chi connectivity index (χ1v) is 8.02. The second kappa shape index (κ2) is 8.79. The van der Waals surface area contributed by atoms with Crippen LogP contribution in [0, 0.1) is 5.82 Å². The Morgan fingerprint density at radius 2 is 2.25 bits per heavy atom. The molecule has 2 N–H and O–H groups in total. The molecule has 0 aliphatic heterocycles. The highest BCUT2D eigenvalue weighted by molar-refractivity contribution is 7.99. The standard InChI is InChI=1S/C14H22FN3OS/c1-4-7-16-13-12(15)11(6-8-17-13)14(19)18-10(3)9-20-5-2/h6,8,10H,4-5,7,9H2,1-3H3,(H,16,17)(H,18,19). The van der Waals surface area contributed by atoms with Crippen molar-refractivity contribution in [3.63, 3.8) is 0 Å². The average molecular weight is 299 g/mol. The zero-order chi connectivity index (χ0) is 15.0. The van der Waals surface area contributed by atoms with Gasteiger partial charge in [-0.2, -0.15) is 11.8 Å². The Morgan fingerprint density at radius 3 is 2.90 bits per heavy atom. The van der Waals surface area contributed by atoms with E-state index in [2.05, 4.69) is 22.5 Å². The van der Waals surface area contributed by atoms with Crippen molar-refractivity contribution in [3.8, 4) is 0 Å². The number of nitrogens with one attached hydrogen (secondary N) is 2. The Labute approximate surface area is 123 Å². The lowest BCUT2D eigenvalue weighted by Crippen LogP contribution is -2.35. The topological polar surface area (TPSA) is 54.0 Å². The molecule has 0 aromatic carbocycles. The van der Waals surface area contributed by atoms with E-state index < -0.39 is 11.7 Å². The number of thioether (sulfide) groups is 1. The molecule has 1 heterocycles. The van der Waals surface area contributed by atoms with E-state index in [1.165, 1.54) is 12.3 Å². The van der Waals surface area contributed by atoms with E-state index in [9.17, 15) is 9.18 Å². The van der Waals surface area contributed by atoms with E-state index in [-0.39, 0.29) is 17.4 Å². The van der Waals surface area contributed by atoms with Crippen molar-refractivity contribution in [3.05, 3.63) is 23.6 Å². The number of halogens is 1. The Balaban J connectivity index is 2.72. The number of pyridine rings is 1. The summed E-state index contributed by atoms with van der Waals surface area (Å²) in [5.74, 6) is 0.961. The summed E-state index contributed by atoms with van der Waals surface area (Å²) in [5.41, 5.74) is 0.0342. The molecule has 0 aliphatic carbocycles. The normalized spacial score (nSPS) is 12.0. The first kappa shape index (κ1) is 16.8. The highest BCUT2D eigenvalue weighted by Gasteiger charge is 2.17. The van der Waals surface area contributed by atoms with Crippen LogP contribution in [0.3, 0.4) is 0 Å². The van der Waals surface area contributed by atoms with Crippen LogP contribution in [0.25, 0.3) is 0 Å². The predicted octanol–water partition coefficient (Wildman–Crippen LogP) is 2.91. The predicted molar refractivity (Wildman–Crippen MR) is 82.9 cm³/mol. The van der Waals surface area contributed by atoms with Crippen molar-refractivity contribution in [2.75, 3.05) is 23.4 Å². The SMILES string of the molecule is CCCNc1nccc(C(=O)NC(C)CSCC)c1F. The number of hydrogen-bond acceptors (Lipinski definition) is 4. The van der Waals surface area contributed by atoms with Gasteiger partial charge in [0, 0.05) is 24.5 Å². The number of anilines is 1. The van der Waals surface area contributed by atoms with Gasteiger partial charge in [0.05, 0.1) is 5.56 Å². The molecular weight excluding hydrogens is 277 g/mol. The molecule has 1 rings (SSSR count). The molecule has 1 amide bonds. The molecule has 1 aromatic rings. The van der Waals surface area contributed by atoms with Crippen molar-refractivity contribution in [2.24, 2.45) is 0 Å². The van der Waals surface area contributed by atoms with Gasteiger partial charge in [0.15, 0.2) is 11.6 Å². The summed E-state index contributed by atoms with van der Waals surface area (Å²) in [6.45, 7) is 6.58. The smallest absolute Gasteiger partial charge is 0.254 e. The lowest BCUT2D eigenvalue weighted by Gasteiger charge is -2.14. The summed E-state index contributed by atoms with van der Waals surface area (Å²) in [6, 6.07) is 1.41. The monoisotopic (exact) mass is 299 g/mol. The van der Waals surface area contributed by atoms with Crippen molar-refractivity contribution in [2.45, 2.75) is 33.2 Å². The minimum absolute atomic E-state index is 0.00654. The highest BCUT2D eigenvalue weighted by Crippen LogP contribution is 2.15. The summed E-state index contributed by atoms with van der Waals surface area (Å²) in [7, 11) is 0. The van der Waals surface area contributed by atoms with Gasteiger partial charge in [-0.05, 0) is 25.2 Å². The number of rotatable bonds is 8. The number of carbonyl (C=O) groups is 1. The molecule has 0 bridgehead atoms. The molecular formula is C14H22FN3OS. The molecule has 0 aliphatic rings. The summed E-state index contributed by atoms with van der Waals surface area (Å²) in [4.78, 5) is 16.0. The van der Waals surface area contributed by atoms with Gasteiger partial charge in [0.2, 0.25) is 0 Å². The van der Waals surface area contributed by atoms with Gasteiger partial charge < -0.3 is 10.6 Å². The van der Waals surface area contributed by atoms with Crippen LogP contribution in [0.4, 0.5) is 10.2 Å². The maximum atomic E-state index is 14.2. The zero-order valence-electron chi connectivity index (χ0n) is 12.2. The van der Waals surface area contributed by atoms with Crippen molar-refractivity contribution in [1.82, 2.24) is 10.3 Å². The molecule has 0 spiro atoms. The fraction of sp³-hybridized carbons (Fsp3) is 0.571. The van der Waals surface area contributed by atoms with Crippen LogP contribution in [-0.2, 0) is 0 Å². The fourth-order valence-corrected chi connectivity index (χ4v) is 2.30. The maximum absolute atomic E-state index is 14.2. The van der Waals surface area contributed by atoms with Crippen LogP contribution >= 0.6 is 11.8 Å². The number of nitrogens with zero attached hydrogens (tertiary/aromatic N) is 1. The van der Waals surface area contributed by atoms with Crippen LogP contribution < -0.4 is 10.6 Å². The van der Waals surface area contributed by atoms with Crippen LogP contribution in [0.2, 0.25) is 0 Å². The molecule has 1 unspecified atom stereocenters. The molecule has 0 fully saturated rings. The maximum Gasteiger partial charge on any atom is 0.254 e. The Bertz CT molecular complexity index is 442. The van der Waals surface area contributed by atoms with Crippen LogP contribution in [0.5, 0.6) is 0 Å². The van der Waals surface area contributed by atoms with E-state index in [0.717, 1.165) is 17.9 Å². The lowest BCUT2D eigenvalue weighted by atomic mass is 10.2. The van der Waals surface area contributed by atoms with Gasteiger partial charge in [-0.1, -0.05) is 13.8 Å². The third-order valence-corrected chi connectivity index (χ3v) is 3.77. The van der Waals surface area contributed by atoms with Crippen LogP contribution in [-0.4, -0.2) is 35.0 Å². The van der Waals surface area contributed by atoms with Crippen molar-refractivity contribution in [1.29, 1.82) is 0 Å². The molecule has 112 valence electrons. The highest BCUT2D eigenvalue weighted by atomic mass is 32.2. The number of hydrogen-bond donors (Lipinski definition) is 2. The van der Waals surface area contributed by atoms with E-state index >= 15 is 0 Å². The second-order valence-corrected chi connectivity index (χ2v) is 5.80. The molecule has 4 nitrogen and oxygen atoms in total. The number of aromatic nitrogens is 1. The first-order chi connectivity index (χ1) is 9.60. The van der Waals surface area contributed by atoms with Gasteiger partial charge in [-0.15, -0.1) is 0 Å². The quantitative estimate of drug-likeness (QED) is 0.775. The van der Waals surface area contributed by atoms with Crippen LogP contribution in [0.1, 0.15) is 37.6 Å². The minimum atomic E-state index is -0.589. The number of carbonyl (C=O) groups excluding carboxylic acids is 1. The molecule has 1 atom stereocenters. The Hall–Kier alpha value is -1.30. The van der Waals surface area contributed by atoms with Gasteiger partial charge in [-0.25, -0.2) is 9.37 Å². The molecule has 0 saturated carbocycles.